The third-order valence-electron chi connectivity index (χ3n) is 4.28. The Morgan fingerprint density at radius 2 is 1.12 bits per heavy atom. The molecule has 0 N–H and O–H groups in total. The molecule has 7 heteroatoms. The predicted molar refractivity (Wildman–Crippen MR) is 96.3 cm³/mol. The van der Waals surface area contributed by atoms with Crippen molar-refractivity contribution in [1.82, 2.24) is 0 Å². The number of aromatic nitrogens is 1. The van der Waals surface area contributed by atoms with Crippen LogP contribution in [-0.4, -0.2) is 18.8 Å². The molecule has 3 aromatic rings. The molecular formula is C19H13BFN3O2. The molecule has 2 aromatic carbocycles. The lowest BCUT2D eigenvalue weighted by Crippen LogP contribution is -2.70. The van der Waals surface area contributed by atoms with E-state index in [1.165, 1.54) is 4.48 Å². The van der Waals surface area contributed by atoms with Crippen LogP contribution in [0.3, 0.4) is 0 Å². The molecule has 0 saturated carbocycles. The van der Waals surface area contributed by atoms with E-state index in [2.05, 4.69) is 9.98 Å². The molecule has 0 amide bonds. The summed E-state index contributed by atoms with van der Waals surface area (Å²) in [4.78, 5) is 8.87. The van der Waals surface area contributed by atoms with E-state index < -0.39 is 6.96 Å². The lowest BCUT2D eigenvalue weighted by atomic mass is 9.96. The van der Waals surface area contributed by atoms with Crippen LogP contribution in [0.4, 0.5) is 16.0 Å². The lowest BCUT2D eigenvalue weighted by Gasteiger charge is -2.38. The fourth-order valence-electron chi connectivity index (χ4n) is 3.09. The quantitative estimate of drug-likeness (QED) is 0.668. The SMILES string of the molecule is F[B-]12OC(c3ccccc3)=Nc3cccc([n+]31)N=C(c1ccccc1)O2. The van der Waals surface area contributed by atoms with Crippen molar-refractivity contribution in [2.24, 2.45) is 9.98 Å². The summed E-state index contributed by atoms with van der Waals surface area (Å²) in [5, 5.41) is 0. The van der Waals surface area contributed by atoms with E-state index in [4.69, 9.17) is 9.31 Å². The van der Waals surface area contributed by atoms with Gasteiger partial charge in [-0.05, 0) is 30.3 Å². The van der Waals surface area contributed by atoms with E-state index in [0.29, 0.717) is 22.8 Å². The van der Waals surface area contributed by atoms with Crippen molar-refractivity contribution in [3.63, 3.8) is 0 Å². The highest BCUT2D eigenvalue weighted by Gasteiger charge is 2.52. The molecule has 0 atom stereocenters. The van der Waals surface area contributed by atoms with Crippen LogP contribution in [0.15, 0.2) is 88.8 Å². The van der Waals surface area contributed by atoms with Gasteiger partial charge in [-0.1, -0.05) is 46.4 Å². The van der Waals surface area contributed by atoms with Crippen LogP contribution < -0.4 is 4.48 Å². The second-order valence-electron chi connectivity index (χ2n) is 6.00. The Morgan fingerprint density at radius 1 is 0.654 bits per heavy atom. The number of hydrogen-bond acceptors (Lipinski definition) is 4. The first-order chi connectivity index (χ1) is 12.7. The number of halogens is 1. The van der Waals surface area contributed by atoms with Crippen molar-refractivity contribution in [2.45, 2.75) is 0 Å². The largest absolute Gasteiger partial charge is 0.729 e. The summed E-state index contributed by atoms with van der Waals surface area (Å²) in [5.41, 5.74) is 1.35. The summed E-state index contributed by atoms with van der Waals surface area (Å²) < 4.78 is 28.4. The zero-order valence-electron chi connectivity index (χ0n) is 13.6. The third-order valence-corrected chi connectivity index (χ3v) is 4.28. The highest BCUT2D eigenvalue weighted by atomic mass is 19.1. The minimum absolute atomic E-state index is 0.180. The van der Waals surface area contributed by atoms with Gasteiger partial charge >= 0.3 is 6.96 Å². The van der Waals surface area contributed by atoms with Crippen LogP contribution in [0.1, 0.15) is 11.1 Å². The molecule has 2 aliphatic heterocycles. The summed E-state index contributed by atoms with van der Waals surface area (Å²) in [6, 6.07) is 23.6. The Balaban J connectivity index is 1.67. The normalized spacial score (nSPS) is 16.5. The van der Waals surface area contributed by atoms with Gasteiger partial charge in [-0.25, -0.2) is 0 Å². The average Bonchev–Trinajstić information content (AvgIpc) is 2.69. The van der Waals surface area contributed by atoms with Crippen molar-refractivity contribution < 1.29 is 18.1 Å². The van der Waals surface area contributed by atoms with Crippen LogP contribution >= 0.6 is 0 Å². The summed E-state index contributed by atoms with van der Waals surface area (Å²) in [5.74, 6) is 1.15. The molecule has 0 saturated heterocycles. The van der Waals surface area contributed by atoms with E-state index in [9.17, 15) is 0 Å². The minimum atomic E-state index is -3.36. The molecule has 5 rings (SSSR count). The fraction of sp³-hybridized carbons (Fsp3) is 0. The van der Waals surface area contributed by atoms with Crippen LogP contribution in [0, 0.1) is 0 Å². The highest BCUT2D eigenvalue weighted by molar-refractivity contribution is 6.57. The number of rotatable bonds is 2. The summed E-state index contributed by atoms with van der Waals surface area (Å²) >= 11 is 0. The second kappa shape index (κ2) is 5.52. The molecule has 5 nitrogen and oxygen atoms in total. The van der Waals surface area contributed by atoms with Gasteiger partial charge in [0.1, 0.15) is 0 Å². The van der Waals surface area contributed by atoms with Crippen molar-refractivity contribution >= 4 is 30.4 Å². The first kappa shape index (κ1) is 14.8. The molecule has 0 aliphatic carbocycles. The summed E-state index contributed by atoms with van der Waals surface area (Å²) in [6.45, 7) is -3.36. The number of aliphatic imine (C=N–C) groups is 2. The Hall–Kier alpha value is -3.48. The Morgan fingerprint density at radius 3 is 1.58 bits per heavy atom. The first-order valence-corrected chi connectivity index (χ1v) is 8.26. The van der Waals surface area contributed by atoms with Crippen LogP contribution in [0.25, 0.3) is 0 Å². The molecule has 0 radical (unpaired) electrons. The van der Waals surface area contributed by atoms with Gasteiger partial charge in [0.2, 0.25) is 11.6 Å². The molecule has 2 aliphatic rings. The molecule has 0 fully saturated rings. The van der Waals surface area contributed by atoms with Crippen molar-refractivity contribution in [2.75, 3.05) is 0 Å². The maximum Gasteiger partial charge on any atom is 0.729 e. The van der Waals surface area contributed by atoms with Gasteiger partial charge in [0.25, 0.3) is 11.8 Å². The van der Waals surface area contributed by atoms with Gasteiger partial charge in [-0.3, -0.25) is 0 Å². The molecule has 0 unspecified atom stereocenters. The van der Waals surface area contributed by atoms with E-state index in [0.717, 1.165) is 0 Å². The average molecular weight is 345 g/mol. The zero-order valence-corrected chi connectivity index (χ0v) is 13.6. The van der Waals surface area contributed by atoms with Crippen molar-refractivity contribution in [3.8, 4) is 0 Å². The van der Waals surface area contributed by atoms with Gasteiger partial charge in [-0.2, -0.15) is 0 Å². The van der Waals surface area contributed by atoms with Gasteiger partial charge in [-0.15, -0.1) is 0 Å². The number of hydrogen-bond donors (Lipinski definition) is 0. The Kier molecular flexibility index (Phi) is 3.15. The standard InChI is InChI=1S/C19H13BFN3O2/c21-20-24-16(22-18(25-20)14-8-3-1-4-9-14)12-7-13-17(24)23-19(26-20)15-10-5-2-6-11-15/h1-13H. The maximum absolute atomic E-state index is 15.9. The third kappa shape index (κ3) is 2.28. The Labute approximate surface area is 149 Å². The minimum Gasteiger partial charge on any atom is -0.596 e. The van der Waals surface area contributed by atoms with E-state index in [1.54, 1.807) is 18.2 Å². The van der Waals surface area contributed by atoms with E-state index in [-0.39, 0.29) is 11.8 Å². The fourth-order valence-corrected chi connectivity index (χ4v) is 3.09. The second-order valence-corrected chi connectivity index (χ2v) is 6.00. The number of pyridine rings is 1. The van der Waals surface area contributed by atoms with Crippen molar-refractivity contribution in [3.05, 3.63) is 90.0 Å². The lowest BCUT2D eigenvalue weighted by molar-refractivity contribution is -0.561. The van der Waals surface area contributed by atoms with Gasteiger partial charge < -0.3 is 18.1 Å². The monoisotopic (exact) mass is 345 g/mol. The highest BCUT2D eigenvalue weighted by Crippen LogP contribution is 2.30. The molecule has 126 valence electrons. The summed E-state index contributed by atoms with van der Waals surface area (Å²) in [6.07, 6.45) is 0. The van der Waals surface area contributed by atoms with Crippen LogP contribution in [-0.2, 0) is 9.31 Å². The Bertz CT molecular complexity index is 977. The van der Waals surface area contributed by atoms with Gasteiger partial charge in [0.05, 0.1) is 11.1 Å². The van der Waals surface area contributed by atoms with E-state index >= 15 is 4.32 Å². The van der Waals surface area contributed by atoms with E-state index in [1.807, 2.05) is 60.7 Å². The van der Waals surface area contributed by atoms with Crippen molar-refractivity contribution in [1.29, 1.82) is 0 Å². The zero-order chi connectivity index (χ0) is 17.6. The summed E-state index contributed by atoms with van der Waals surface area (Å²) in [7, 11) is 0. The molecule has 1 aromatic heterocycles. The van der Waals surface area contributed by atoms with Gasteiger partial charge in [0, 0.05) is 12.1 Å². The molecule has 26 heavy (non-hydrogen) atoms. The smallest absolute Gasteiger partial charge is 0.596 e. The number of benzene rings is 2. The van der Waals surface area contributed by atoms with Crippen LogP contribution in [0.5, 0.6) is 0 Å². The van der Waals surface area contributed by atoms with Crippen LogP contribution in [0.2, 0.25) is 0 Å². The molecule has 0 bridgehead atoms. The number of nitrogens with zero attached hydrogens (tertiary/aromatic N) is 3. The first-order valence-electron chi connectivity index (χ1n) is 8.26. The molecule has 3 heterocycles. The maximum atomic E-state index is 15.9. The molecule has 0 spiro atoms. The van der Waals surface area contributed by atoms with Gasteiger partial charge in [0.15, 0.2) is 0 Å². The topological polar surface area (TPSA) is 47.1 Å². The molecular weight excluding hydrogens is 332 g/mol. The predicted octanol–water partition coefficient (Wildman–Crippen LogP) is 3.44.